The first-order valence-electron chi connectivity index (χ1n) is 6.67. The molecule has 0 atom stereocenters. The van der Waals surface area contributed by atoms with Crippen LogP contribution in [-0.4, -0.2) is 38.3 Å². The molecule has 2 amide bonds. The van der Waals surface area contributed by atoms with Gasteiger partial charge >= 0.3 is 12.2 Å². The average Bonchev–Trinajstić information content (AvgIpc) is 2.47. The van der Waals surface area contributed by atoms with Gasteiger partial charge in [-0.25, -0.2) is 9.59 Å². The predicted octanol–water partition coefficient (Wildman–Crippen LogP) is 2.61. The minimum atomic E-state index is -0.537. The molecule has 0 unspecified atom stereocenters. The highest BCUT2D eigenvalue weighted by molar-refractivity contribution is 6.00. The number of hydrogen-bond acceptors (Lipinski definition) is 5. The first-order chi connectivity index (χ1) is 10.2. The van der Waals surface area contributed by atoms with Gasteiger partial charge in [0.1, 0.15) is 6.67 Å². The van der Waals surface area contributed by atoms with Gasteiger partial charge < -0.3 is 9.47 Å². The van der Waals surface area contributed by atoms with E-state index in [0.717, 1.165) is 5.56 Å². The Hall–Kier alpha value is -2.57. The number of benzene rings is 1. The van der Waals surface area contributed by atoms with Crippen molar-refractivity contribution < 1.29 is 19.1 Å². The van der Waals surface area contributed by atoms with Gasteiger partial charge in [-0.3, -0.25) is 15.2 Å². The van der Waals surface area contributed by atoms with E-state index < -0.39 is 12.2 Å². The van der Waals surface area contributed by atoms with Crippen molar-refractivity contribution in [3.63, 3.8) is 0 Å². The van der Waals surface area contributed by atoms with Crippen LogP contribution in [0.4, 0.5) is 21.0 Å². The van der Waals surface area contributed by atoms with E-state index in [4.69, 9.17) is 9.47 Å². The Bertz CT molecular complexity index is 571. The topological polar surface area (TPSA) is 80.2 Å². The molecule has 1 N–H and O–H groups in total. The lowest BCUT2D eigenvalue weighted by atomic mass is 10.1. The Balaban J connectivity index is 2.23. The van der Waals surface area contributed by atoms with Gasteiger partial charge in [-0.2, -0.15) is 0 Å². The molecular weight excluding hydrogens is 274 g/mol. The summed E-state index contributed by atoms with van der Waals surface area (Å²) in [6.45, 7) is 4.23. The number of amides is 2. The Morgan fingerprint density at radius 3 is 2.76 bits per heavy atom. The van der Waals surface area contributed by atoms with Crippen molar-refractivity contribution in [2.45, 2.75) is 13.8 Å². The summed E-state index contributed by atoms with van der Waals surface area (Å²) in [5.41, 5.74) is 1.96. The molecule has 0 spiro atoms. The molecule has 2 rings (SSSR count). The SMILES string of the molecule is CCOC(=O)Nc1ccc2c(c1)N(C(=O)OCC)CN=C2. The molecule has 0 saturated heterocycles. The normalized spacial score (nSPS) is 12.6. The van der Waals surface area contributed by atoms with Crippen molar-refractivity contribution in [1.29, 1.82) is 0 Å². The maximum absolute atomic E-state index is 11.9. The molecule has 21 heavy (non-hydrogen) atoms. The molecule has 0 bridgehead atoms. The fourth-order valence-electron chi connectivity index (χ4n) is 1.90. The second-order valence-corrected chi connectivity index (χ2v) is 4.20. The maximum atomic E-state index is 11.9. The van der Waals surface area contributed by atoms with E-state index in [-0.39, 0.29) is 13.3 Å². The lowest BCUT2D eigenvalue weighted by Gasteiger charge is -2.25. The number of ether oxygens (including phenoxy) is 2. The van der Waals surface area contributed by atoms with Gasteiger partial charge in [0.15, 0.2) is 0 Å². The zero-order valence-corrected chi connectivity index (χ0v) is 12.0. The van der Waals surface area contributed by atoms with Gasteiger partial charge in [0, 0.05) is 17.5 Å². The summed E-state index contributed by atoms with van der Waals surface area (Å²) in [5, 5.41) is 2.60. The second-order valence-electron chi connectivity index (χ2n) is 4.20. The van der Waals surface area contributed by atoms with Crippen LogP contribution in [0.1, 0.15) is 19.4 Å². The van der Waals surface area contributed by atoms with Gasteiger partial charge in [-0.1, -0.05) is 0 Å². The molecule has 1 aromatic carbocycles. The van der Waals surface area contributed by atoms with E-state index in [0.29, 0.717) is 18.0 Å². The molecule has 7 heteroatoms. The number of rotatable bonds is 3. The monoisotopic (exact) mass is 291 g/mol. The highest BCUT2D eigenvalue weighted by Crippen LogP contribution is 2.27. The molecule has 1 aliphatic rings. The van der Waals surface area contributed by atoms with E-state index in [2.05, 4.69) is 10.3 Å². The van der Waals surface area contributed by atoms with Gasteiger partial charge in [-0.15, -0.1) is 0 Å². The Kier molecular flexibility index (Phi) is 4.76. The number of hydrogen-bond donors (Lipinski definition) is 1. The fourth-order valence-corrected chi connectivity index (χ4v) is 1.90. The highest BCUT2D eigenvalue weighted by atomic mass is 16.6. The number of carbonyl (C=O) groups is 2. The van der Waals surface area contributed by atoms with Crippen LogP contribution in [0.5, 0.6) is 0 Å². The van der Waals surface area contributed by atoms with Crippen molar-refractivity contribution in [1.82, 2.24) is 0 Å². The third-order valence-electron chi connectivity index (χ3n) is 2.78. The molecule has 7 nitrogen and oxygen atoms in total. The average molecular weight is 291 g/mol. The van der Waals surface area contributed by atoms with Crippen LogP contribution < -0.4 is 10.2 Å². The zero-order valence-electron chi connectivity index (χ0n) is 12.0. The predicted molar refractivity (Wildman–Crippen MR) is 79.0 cm³/mol. The van der Waals surface area contributed by atoms with Gasteiger partial charge in [-0.05, 0) is 32.0 Å². The molecule has 1 heterocycles. The van der Waals surface area contributed by atoms with E-state index in [1.165, 1.54) is 4.90 Å². The minimum Gasteiger partial charge on any atom is -0.450 e. The molecule has 1 aromatic rings. The Labute approximate surface area is 122 Å². The van der Waals surface area contributed by atoms with Crippen molar-refractivity contribution in [2.24, 2.45) is 4.99 Å². The molecule has 0 aromatic heterocycles. The van der Waals surface area contributed by atoms with Gasteiger partial charge in [0.05, 0.1) is 18.9 Å². The van der Waals surface area contributed by atoms with Crippen LogP contribution in [0, 0.1) is 0 Å². The highest BCUT2D eigenvalue weighted by Gasteiger charge is 2.22. The number of aliphatic imine (C=N–C) groups is 1. The number of anilines is 2. The maximum Gasteiger partial charge on any atom is 0.415 e. The minimum absolute atomic E-state index is 0.189. The summed E-state index contributed by atoms with van der Waals surface area (Å²) < 4.78 is 9.82. The molecule has 0 radical (unpaired) electrons. The number of carbonyl (C=O) groups excluding carboxylic acids is 2. The summed E-state index contributed by atoms with van der Waals surface area (Å²) >= 11 is 0. The van der Waals surface area contributed by atoms with Crippen LogP contribution in [0.15, 0.2) is 23.2 Å². The lowest BCUT2D eigenvalue weighted by Crippen LogP contribution is -2.34. The number of fused-ring (bicyclic) bond motifs is 1. The van der Waals surface area contributed by atoms with E-state index in [1.54, 1.807) is 38.3 Å². The summed E-state index contributed by atoms with van der Waals surface area (Å²) in [6, 6.07) is 5.18. The van der Waals surface area contributed by atoms with Crippen LogP contribution in [-0.2, 0) is 9.47 Å². The smallest absolute Gasteiger partial charge is 0.415 e. The molecule has 0 aliphatic carbocycles. The molecule has 112 valence electrons. The van der Waals surface area contributed by atoms with Crippen molar-refractivity contribution >= 4 is 29.8 Å². The number of nitrogens with zero attached hydrogens (tertiary/aromatic N) is 2. The molecule has 0 fully saturated rings. The first-order valence-corrected chi connectivity index (χ1v) is 6.67. The van der Waals surface area contributed by atoms with Gasteiger partial charge in [0.2, 0.25) is 0 Å². The Morgan fingerprint density at radius 1 is 1.29 bits per heavy atom. The first kappa shape index (κ1) is 14.8. The molecular formula is C14H17N3O4. The lowest BCUT2D eigenvalue weighted by molar-refractivity contribution is 0.160. The molecule has 1 aliphatic heterocycles. The van der Waals surface area contributed by atoms with Crippen LogP contribution in [0.3, 0.4) is 0 Å². The van der Waals surface area contributed by atoms with Crippen molar-refractivity contribution in [3.8, 4) is 0 Å². The summed E-state index contributed by atoms with van der Waals surface area (Å²) in [4.78, 5) is 28.9. The second kappa shape index (κ2) is 6.74. The fraction of sp³-hybridized carbons (Fsp3) is 0.357. The van der Waals surface area contributed by atoms with Crippen molar-refractivity contribution in [2.75, 3.05) is 30.1 Å². The zero-order chi connectivity index (χ0) is 15.2. The number of nitrogens with one attached hydrogen (secondary N) is 1. The van der Waals surface area contributed by atoms with E-state index in [1.807, 2.05) is 0 Å². The van der Waals surface area contributed by atoms with E-state index in [9.17, 15) is 9.59 Å². The summed E-state index contributed by atoms with van der Waals surface area (Å²) in [6.07, 6.45) is 0.674. The third-order valence-corrected chi connectivity index (χ3v) is 2.78. The van der Waals surface area contributed by atoms with Crippen molar-refractivity contribution in [3.05, 3.63) is 23.8 Å². The standard InChI is InChI=1S/C14H17N3O4/c1-3-20-13(18)16-11-6-5-10-8-15-9-17(12(10)7-11)14(19)21-4-2/h5-8H,3-4,9H2,1-2H3,(H,16,18). The largest absolute Gasteiger partial charge is 0.450 e. The van der Waals surface area contributed by atoms with Crippen LogP contribution in [0.2, 0.25) is 0 Å². The van der Waals surface area contributed by atoms with Crippen LogP contribution >= 0.6 is 0 Å². The van der Waals surface area contributed by atoms with E-state index >= 15 is 0 Å². The third kappa shape index (κ3) is 3.50. The summed E-state index contributed by atoms with van der Waals surface area (Å²) in [7, 11) is 0. The quantitative estimate of drug-likeness (QED) is 0.928. The molecule has 0 saturated carbocycles. The summed E-state index contributed by atoms with van der Waals surface area (Å²) in [5.74, 6) is 0. The Morgan fingerprint density at radius 2 is 2.05 bits per heavy atom. The van der Waals surface area contributed by atoms with Gasteiger partial charge in [0.25, 0.3) is 0 Å². The van der Waals surface area contributed by atoms with Crippen LogP contribution in [0.25, 0.3) is 0 Å².